The average Bonchev–Trinajstić information content (AvgIpc) is 4.46. The third kappa shape index (κ3) is 6.29. The van der Waals surface area contributed by atoms with Gasteiger partial charge in [0.25, 0.3) is 0 Å². The van der Waals surface area contributed by atoms with Gasteiger partial charge in [-0.15, -0.1) is 11.3 Å². The second-order valence-electron chi connectivity index (χ2n) is 20.7. The van der Waals surface area contributed by atoms with Crippen molar-refractivity contribution in [2.24, 2.45) is 0 Å². The van der Waals surface area contributed by atoms with Gasteiger partial charge in [0.2, 0.25) is 5.69 Å². The summed E-state index contributed by atoms with van der Waals surface area (Å²) in [5, 5.41) is 22.6. The Bertz CT molecular complexity index is 5480. The SMILES string of the molecule is [C-]#[N+]c1c(-c2ccccc2)c(C#N)c(-n2c3c(-c4ccccc4-c4ccccc4)cccc3c3ccc4c5ccccc5sc4c32)c(-c2ccccc2)c1-n1c2c(ccc3c4ccccc4oc32)c2ccc3c4ccccc4oc3c21. The van der Waals surface area contributed by atoms with E-state index < -0.39 is 0 Å². The third-order valence-electron chi connectivity index (χ3n) is 16.6. The van der Waals surface area contributed by atoms with Crippen LogP contribution in [0.3, 0.4) is 0 Å². The number of hydrogen-bond acceptors (Lipinski definition) is 4. The molecule has 12 aromatic carbocycles. The molecule has 0 aliphatic heterocycles. The van der Waals surface area contributed by atoms with E-state index in [0.29, 0.717) is 44.9 Å². The number of thiophene rings is 1. The van der Waals surface area contributed by atoms with Gasteiger partial charge in [0.15, 0.2) is 11.2 Å². The van der Waals surface area contributed by atoms with Gasteiger partial charge in [0.1, 0.15) is 17.2 Å². The second-order valence-corrected chi connectivity index (χ2v) is 21.8. The lowest BCUT2D eigenvalue weighted by Crippen LogP contribution is -2.09. The molecule has 0 saturated carbocycles. The number of benzene rings is 12. The second kappa shape index (κ2) is 17.3. The minimum absolute atomic E-state index is 0.322. The van der Waals surface area contributed by atoms with Gasteiger partial charge in [-0.05, 0) is 58.1 Å². The first-order valence-corrected chi connectivity index (χ1v) is 27.8. The van der Waals surface area contributed by atoms with Crippen molar-refractivity contribution in [3.63, 3.8) is 0 Å². The van der Waals surface area contributed by atoms with Gasteiger partial charge < -0.3 is 18.0 Å². The van der Waals surface area contributed by atoms with Gasteiger partial charge in [0, 0.05) is 75.3 Å². The Labute approximate surface area is 466 Å². The molecule has 0 N–H and O–H groups in total. The summed E-state index contributed by atoms with van der Waals surface area (Å²) in [6.07, 6.45) is 0. The summed E-state index contributed by atoms with van der Waals surface area (Å²) in [6, 6.07) is 87.3. The molecule has 0 atom stereocenters. The molecule has 374 valence electrons. The normalized spacial score (nSPS) is 11.9. The van der Waals surface area contributed by atoms with E-state index in [2.05, 4.69) is 185 Å². The van der Waals surface area contributed by atoms with Crippen LogP contribution in [0.4, 0.5) is 5.69 Å². The van der Waals surface area contributed by atoms with Crippen LogP contribution in [0.1, 0.15) is 5.56 Å². The van der Waals surface area contributed by atoms with Crippen LogP contribution < -0.4 is 0 Å². The molecule has 0 amide bonds. The van der Waals surface area contributed by atoms with E-state index in [1.54, 1.807) is 11.3 Å². The molecular formula is C74H40N4O2S. The predicted octanol–water partition coefficient (Wildman–Crippen LogP) is 21.1. The van der Waals surface area contributed by atoms with Crippen molar-refractivity contribution in [3.8, 4) is 62.0 Å². The molecule has 0 aliphatic rings. The molecule has 0 radical (unpaired) electrons. The monoisotopic (exact) mass is 1050 g/mol. The highest BCUT2D eigenvalue weighted by Crippen LogP contribution is 2.56. The van der Waals surface area contributed by atoms with Gasteiger partial charge in [-0.2, -0.15) is 5.26 Å². The minimum atomic E-state index is 0.322. The lowest BCUT2D eigenvalue weighted by molar-refractivity contribution is 0.669. The zero-order valence-electron chi connectivity index (χ0n) is 43.1. The first-order chi connectivity index (χ1) is 40.2. The minimum Gasteiger partial charge on any atom is -0.454 e. The van der Waals surface area contributed by atoms with Crippen molar-refractivity contribution in [3.05, 3.63) is 260 Å². The molecule has 0 unspecified atom stereocenters. The Morgan fingerprint density at radius 3 is 1.44 bits per heavy atom. The third-order valence-corrected chi connectivity index (χ3v) is 17.8. The first kappa shape index (κ1) is 45.1. The van der Waals surface area contributed by atoms with Crippen LogP contribution in [-0.2, 0) is 0 Å². The lowest BCUT2D eigenvalue weighted by atomic mass is 9.88. The van der Waals surface area contributed by atoms with Gasteiger partial charge >= 0.3 is 0 Å². The summed E-state index contributed by atoms with van der Waals surface area (Å²) in [6.45, 7) is 9.70. The van der Waals surface area contributed by atoms with Gasteiger partial charge in [-0.25, -0.2) is 4.85 Å². The number of nitrogens with zero attached hydrogens (tertiary/aromatic N) is 4. The van der Waals surface area contributed by atoms with Crippen molar-refractivity contribution in [2.75, 3.05) is 0 Å². The topological polar surface area (TPSA) is 64.3 Å². The molecule has 5 heterocycles. The number of nitriles is 1. The molecule has 0 fully saturated rings. The first-order valence-electron chi connectivity index (χ1n) is 27.0. The maximum Gasteiger partial charge on any atom is 0.220 e. The molecule has 6 nitrogen and oxygen atoms in total. The fourth-order valence-corrected chi connectivity index (χ4v) is 14.5. The van der Waals surface area contributed by atoms with Crippen LogP contribution in [0.25, 0.3) is 168 Å². The van der Waals surface area contributed by atoms with Gasteiger partial charge in [-0.1, -0.05) is 212 Å². The van der Waals surface area contributed by atoms with Crippen LogP contribution >= 0.6 is 11.3 Å². The number of hydrogen-bond donors (Lipinski definition) is 0. The van der Waals surface area contributed by atoms with E-state index >= 15 is 0 Å². The average molecular weight is 1050 g/mol. The largest absolute Gasteiger partial charge is 0.454 e. The van der Waals surface area contributed by atoms with Gasteiger partial charge in [0.05, 0.1) is 50.3 Å². The Kier molecular flexibility index (Phi) is 9.62. The summed E-state index contributed by atoms with van der Waals surface area (Å²) < 4.78 is 21.2. The Morgan fingerprint density at radius 2 is 0.827 bits per heavy atom. The lowest BCUT2D eigenvalue weighted by Gasteiger charge is -2.26. The smallest absolute Gasteiger partial charge is 0.220 e. The molecule has 0 saturated heterocycles. The summed E-state index contributed by atoms with van der Waals surface area (Å²) in [4.78, 5) is 4.70. The van der Waals surface area contributed by atoms with Gasteiger partial charge in [-0.3, -0.25) is 0 Å². The van der Waals surface area contributed by atoms with E-state index in [-0.39, 0.29) is 0 Å². The van der Waals surface area contributed by atoms with E-state index in [1.807, 2.05) is 72.8 Å². The van der Waals surface area contributed by atoms with E-state index in [0.717, 1.165) is 120 Å². The van der Waals surface area contributed by atoms with E-state index in [9.17, 15) is 11.8 Å². The van der Waals surface area contributed by atoms with Crippen LogP contribution in [0.15, 0.2) is 251 Å². The Balaban J connectivity index is 1.18. The molecule has 0 spiro atoms. The quantitative estimate of drug-likeness (QED) is 0.156. The summed E-state index contributed by atoms with van der Waals surface area (Å²) in [5.41, 5.74) is 15.4. The van der Waals surface area contributed by atoms with Crippen LogP contribution in [0.2, 0.25) is 0 Å². The molecular weight excluding hydrogens is 1010 g/mol. The summed E-state index contributed by atoms with van der Waals surface area (Å²) in [5.74, 6) is 0. The van der Waals surface area contributed by atoms with Crippen molar-refractivity contribution in [2.45, 2.75) is 0 Å². The molecule has 81 heavy (non-hydrogen) atoms. The van der Waals surface area contributed by atoms with E-state index in [1.165, 1.54) is 10.1 Å². The number of para-hydroxylation sites is 3. The van der Waals surface area contributed by atoms with Crippen molar-refractivity contribution >= 4 is 125 Å². The van der Waals surface area contributed by atoms with Crippen LogP contribution in [0.5, 0.6) is 0 Å². The summed E-state index contributed by atoms with van der Waals surface area (Å²) >= 11 is 1.77. The predicted molar refractivity (Wildman–Crippen MR) is 335 cm³/mol. The number of aromatic nitrogens is 2. The highest BCUT2D eigenvalue weighted by Gasteiger charge is 2.35. The van der Waals surface area contributed by atoms with E-state index in [4.69, 9.17) is 13.7 Å². The number of rotatable bonds is 6. The summed E-state index contributed by atoms with van der Waals surface area (Å²) in [7, 11) is 0. The maximum absolute atomic E-state index is 12.5. The fraction of sp³-hybridized carbons (Fsp3) is 0. The molecule has 7 heteroatoms. The molecule has 17 aromatic rings. The van der Waals surface area contributed by atoms with Crippen molar-refractivity contribution < 1.29 is 8.83 Å². The highest BCUT2D eigenvalue weighted by molar-refractivity contribution is 7.26. The molecule has 5 aromatic heterocycles. The maximum atomic E-state index is 12.5. The number of fused-ring (bicyclic) bond motifs is 18. The van der Waals surface area contributed by atoms with Crippen molar-refractivity contribution in [1.29, 1.82) is 5.26 Å². The zero-order valence-corrected chi connectivity index (χ0v) is 43.9. The molecule has 17 rings (SSSR count). The standard InChI is InChI=1S/C74H40N4O2S/c1-76-65-63(44-22-7-3-8-23-44)59(42-75)67(77-66-51(47-27-12-11-26-46(47)43-20-5-2-6-21-43)31-19-32-52(66)55-38-41-58-50-30-15-18-35-62(50)81-74(58)70(55)77)64(45-24-9-4-10-25-45)71(65)78-68-53(36-39-56-48-28-13-16-33-60(48)79-72(56)68)54-37-40-57-49-29-14-17-34-61(49)80-73(57)69(54)78/h2-41H. The van der Waals surface area contributed by atoms with Crippen LogP contribution in [0, 0.1) is 17.9 Å². The van der Waals surface area contributed by atoms with Crippen molar-refractivity contribution in [1.82, 2.24) is 9.13 Å². The highest BCUT2D eigenvalue weighted by atomic mass is 32.1. The van der Waals surface area contributed by atoms with Crippen LogP contribution in [-0.4, -0.2) is 9.13 Å². The molecule has 0 bridgehead atoms. The fourth-order valence-electron chi connectivity index (χ4n) is 13.3. The number of furan rings is 2. The Morgan fingerprint density at radius 1 is 0.370 bits per heavy atom. The molecule has 0 aliphatic carbocycles. The zero-order chi connectivity index (χ0) is 53.4. The Hall–Kier alpha value is -11.0.